The van der Waals surface area contributed by atoms with Crippen LogP contribution in [0.1, 0.15) is 46.0 Å². The molecule has 1 heterocycles. The minimum Gasteiger partial charge on any atom is -0.363 e. The van der Waals surface area contributed by atoms with Crippen LogP contribution in [0.25, 0.3) is 0 Å². The van der Waals surface area contributed by atoms with Gasteiger partial charge in [-0.25, -0.2) is 4.79 Å². The van der Waals surface area contributed by atoms with Crippen LogP contribution in [0.15, 0.2) is 30.3 Å². The molecule has 3 rings (SSSR count). The molecule has 2 fully saturated rings. The molecule has 2 atom stereocenters. The van der Waals surface area contributed by atoms with Crippen molar-refractivity contribution in [2.24, 2.45) is 0 Å². The van der Waals surface area contributed by atoms with Gasteiger partial charge in [-0.1, -0.05) is 37.5 Å². The molecular weight excluding hydrogens is 286 g/mol. The Balaban J connectivity index is 1.61. The summed E-state index contributed by atoms with van der Waals surface area (Å²) in [4.78, 5) is 17.0. The molecule has 126 valence electrons. The number of urea groups is 1. The smallest absolute Gasteiger partial charge is 0.317 e. The molecule has 2 unspecified atom stereocenters. The molecule has 0 radical (unpaired) electrons. The van der Waals surface area contributed by atoms with Crippen molar-refractivity contribution in [2.75, 3.05) is 18.0 Å². The molecule has 1 aliphatic heterocycles. The van der Waals surface area contributed by atoms with Crippen molar-refractivity contribution < 1.29 is 4.79 Å². The van der Waals surface area contributed by atoms with E-state index in [-0.39, 0.29) is 6.03 Å². The van der Waals surface area contributed by atoms with Crippen molar-refractivity contribution in [1.82, 2.24) is 10.2 Å². The fourth-order valence-corrected chi connectivity index (χ4v) is 4.11. The summed E-state index contributed by atoms with van der Waals surface area (Å²) < 4.78 is 0. The lowest BCUT2D eigenvalue weighted by Crippen LogP contribution is -2.60. The average Bonchev–Trinajstić information content (AvgIpc) is 2.56. The van der Waals surface area contributed by atoms with E-state index in [0.29, 0.717) is 18.1 Å². The molecule has 1 aliphatic carbocycles. The second-order valence-corrected chi connectivity index (χ2v) is 7.13. The van der Waals surface area contributed by atoms with E-state index in [4.69, 9.17) is 0 Å². The Morgan fingerprint density at radius 3 is 2.22 bits per heavy atom. The normalized spacial score (nSPS) is 26.2. The third kappa shape index (κ3) is 3.80. The average molecular weight is 315 g/mol. The summed E-state index contributed by atoms with van der Waals surface area (Å²) in [5.41, 5.74) is 1.25. The first kappa shape index (κ1) is 16.2. The summed E-state index contributed by atoms with van der Waals surface area (Å²) in [7, 11) is 0. The fourth-order valence-electron chi connectivity index (χ4n) is 4.11. The number of carbonyl (C=O) groups is 1. The minimum absolute atomic E-state index is 0.128. The van der Waals surface area contributed by atoms with Gasteiger partial charge in [0.05, 0.1) is 0 Å². The zero-order chi connectivity index (χ0) is 16.2. The van der Waals surface area contributed by atoms with Gasteiger partial charge in [-0.05, 0) is 38.8 Å². The number of nitrogens with one attached hydrogen (secondary N) is 1. The van der Waals surface area contributed by atoms with Crippen LogP contribution in [0, 0.1) is 0 Å². The van der Waals surface area contributed by atoms with Crippen LogP contribution in [0.5, 0.6) is 0 Å². The summed E-state index contributed by atoms with van der Waals surface area (Å²) in [6.07, 6.45) is 6.09. The fraction of sp³-hybridized carbons (Fsp3) is 0.632. The minimum atomic E-state index is 0.128. The Kier molecular flexibility index (Phi) is 5.09. The van der Waals surface area contributed by atoms with Crippen LogP contribution in [0.3, 0.4) is 0 Å². The summed E-state index contributed by atoms with van der Waals surface area (Å²) in [6, 6.07) is 11.7. The Morgan fingerprint density at radius 2 is 1.61 bits per heavy atom. The number of amides is 2. The molecular formula is C19H29N3O. The van der Waals surface area contributed by atoms with Gasteiger partial charge >= 0.3 is 6.03 Å². The maximum absolute atomic E-state index is 12.6. The first-order valence-electron chi connectivity index (χ1n) is 9.04. The zero-order valence-corrected chi connectivity index (χ0v) is 14.4. The number of benzene rings is 1. The predicted molar refractivity (Wildman–Crippen MR) is 94.8 cm³/mol. The number of rotatable bonds is 2. The van der Waals surface area contributed by atoms with Crippen LogP contribution in [-0.4, -0.2) is 42.1 Å². The number of piperazine rings is 1. The molecule has 0 aromatic heterocycles. The Hall–Kier alpha value is -1.71. The van der Waals surface area contributed by atoms with Crippen molar-refractivity contribution in [2.45, 2.75) is 64.1 Å². The molecule has 2 aliphatic rings. The first-order chi connectivity index (χ1) is 11.1. The van der Waals surface area contributed by atoms with Gasteiger partial charge in [0.25, 0.3) is 0 Å². The van der Waals surface area contributed by atoms with Gasteiger partial charge in [0.15, 0.2) is 0 Å². The van der Waals surface area contributed by atoms with Gasteiger partial charge in [-0.15, -0.1) is 0 Å². The second-order valence-electron chi connectivity index (χ2n) is 7.13. The Morgan fingerprint density at radius 1 is 1.00 bits per heavy atom. The molecule has 1 aromatic carbocycles. The van der Waals surface area contributed by atoms with Crippen molar-refractivity contribution >= 4 is 11.7 Å². The number of para-hydroxylation sites is 1. The van der Waals surface area contributed by atoms with Gasteiger partial charge in [0.2, 0.25) is 0 Å². The van der Waals surface area contributed by atoms with E-state index in [0.717, 1.165) is 25.9 Å². The lowest BCUT2D eigenvalue weighted by Gasteiger charge is -2.46. The highest BCUT2D eigenvalue weighted by molar-refractivity contribution is 5.75. The maximum Gasteiger partial charge on any atom is 0.317 e. The number of hydrogen-bond acceptors (Lipinski definition) is 2. The molecule has 1 N–H and O–H groups in total. The summed E-state index contributed by atoms with van der Waals surface area (Å²) in [6.45, 7) is 6.00. The van der Waals surface area contributed by atoms with Gasteiger partial charge < -0.3 is 15.1 Å². The van der Waals surface area contributed by atoms with Crippen molar-refractivity contribution in [3.8, 4) is 0 Å². The van der Waals surface area contributed by atoms with Gasteiger partial charge in [-0.2, -0.15) is 0 Å². The van der Waals surface area contributed by atoms with Crippen LogP contribution in [0.4, 0.5) is 10.5 Å². The van der Waals surface area contributed by atoms with Crippen molar-refractivity contribution in [1.29, 1.82) is 0 Å². The maximum atomic E-state index is 12.6. The highest BCUT2D eigenvalue weighted by Crippen LogP contribution is 2.25. The Bertz CT molecular complexity index is 501. The van der Waals surface area contributed by atoms with Gasteiger partial charge in [0, 0.05) is 36.9 Å². The molecule has 0 spiro atoms. The van der Waals surface area contributed by atoms with Gasteiger partial charge in [-0.3, -0.25) is 0 Å². The molecule has 23 heavy (non-hydrogen) atoms. The number of hydrogen-bond donors (Lipinski definition) is 1. The summed E-state index contributed by atoms with van der Waals surface area (Å²) in [5, 5.41) is 3.25. The highest BCUT2D eigenvalue weighted by Gasteiger charge is 2.32. The predicted octanol–water partition coefficient (Wildman–Crippen LogP) is 3.63. The molecule has 1 saturated carbocycles. The van der Waals surface area contributed by atoms with E-state index in [1.807, 2.05) is 11.0 Å². The zero-order valence-electron chi connectivity index (χ0n) is 14.4. The van der Waals surface area contributed by atoms with E-state index in [1.165, 1.54) is 24.9 Å². The van der Waals surface area contributed by atoms with Crippen molar-refractivity contribution in [3.05, 3.63) is 30.3 Å². The summed E-state index contributed by atoms with van der Waals surface area (Å²) in [5.74, 6) is 0. The molecule has 1 aromatic rings. The third-order valence-corrected chi connectivity index (χ3v) is 5.19. The SMILES string of the molecule is CC1CN(C(=O)NC2CCCCC2)CC(C)N1c1ccccc1. The van der Waals surface area contributed by atoms with E-state index in [9.17, 15) is 4.79 Å². The Labute approximate surface area is 139 Å². The van der Waals surface area contributed by atoms with Crippen LogP contribution >= 0.6 is 0 Å². The van der Waals surface area contributed by atoms with Crippen LogP contribution < -0.4 is 10.2 Å². The van der Waals surface area contributed by atoms with E-state index in [2.05, 4.69) is 48.3 Å². The number of carbonyl (C=O) groups excluding carboxylic acids is 1. The molecule has 2 amide bonds. The van der Waals surface area contributed by atoms with E-state index >= 15 is 0 Å². The van der Waals surface area contributed by atoms with Crippen LogP contribution in [0.2, 0.25) is 0 Å². The standard InChI is InChI=1S/C19H29N3O/c1-15-13-21(19(23)20-17-9-5-3-6-10-17)14-16(2)22(15)18-11-7-4-8-12-18/h4,7-8,11-12,15-17H,3,5-6,9-10,13-14H2,1-2H3,(H,20,23). The molecule has 1 saturated heterocycles. The molecule has 4 heteroatoms. The third-order valence-electron chi connectivity index (χ3n) is 5.19. The number of anilines is 1. The lowest BCUT2D eigenvalue weighted by molar-refractivity contribution is 0.170. The van der Waals surface area contributed by atoms with E-state index in [1.54, 1.807) is 0 Å². The highest BCUT2D eigenvalue weighted by atomic mass is 16.2. The van der Waals surface area contributed by atoms with Crippen LogP contribution in [-0.2, 0) is 0 Å². The molecule has 4 nitrogen and oxygen atoms in total. The van der Waals surface area contributed by atoms with Crippen molar-refractivity contribution in [3.63, 3.8) is 0 Å². The quantitative estimate of drug-likeness (QED) is 0.904. The largest absolute Gasteiger partial charge is 0.363 e. The second kappa shape index (κ2) is 7.24. The van der Waals surface area contributed by atoms with Gasteiger partial charge in [0.1, 0.15) is 0 Å². The van der Waals surface area contributed by atoms with E-state index < -0.39 is 0 Å². The lowest BCUT2D eigenvalue weighted by atomic mass is 9.95. The topological polar surface area (TPSA) is 35.6 Å². The number of nitrogens with zero attached hydrogens (tertiary/aromatic N) is 2. The summed E-state index contributed by atoms with van der Waals surface area (Å²) >= 11 is 0. The molecule has 0 bridgehead atoms. The monoisotopic (exact) mass is 315 g/mol. The first-order valence-corrected chi connectivity index (χ1v) is 9.04.